The number of nitrogens with zero attached hydrogens (tertiary/aromatic N) is 5. The molecule has 0 aliphatic carbocycles. The van der Waals surface area contributed by atoms with Gasteiger partial charge in [-0.05, 0) is 81.0 Å². The number of pyridine rings is 1. The van der Waals surface area contributed by atoms with Crippen LogP contribution in [0.3, 0.4) is 0 Å². The van der Waals surface area contributed by atoms with Crippen molar-refractivity contribution < 1.29 is 73.4 Å². The highest BCUT2D eigenvalue weighted by atomic mass is 32.1. The number of likely N-dealkylation sites (N-methyl/N-ethyl adjacent to an activating group) is 2. The summed E-state index contributed by atoms with van der Waals surface area (Å²) in [5.41, 5.74) is -9.30. The van der Waals surface area contributed by atoms with Crippen LogP contribution in [-0.4, -0.2) is 96.6 Å². The van der Waals surface area contributed by atoms with E-state index in [4.69, 9.17) is 27.0 Å². The number of nitrogens with one attached hydrogen (secondary N) is 2. The van der Waals surface area contributed by atoms with Crippen molar-refractivity contribution in [2.45, 2.75) is 50.6 Å². The number of rotatable bonds is 17. The van der Waals surface area contributed by atoms with Crippen LogP contribution in [-0.2, 0) is 31.5 Å². The molecule has 1 unspecified atom stereocenters. The number of hydrogen-bond donors (Lipinski definition) is 2. The van der Waals surface area contributed by atoms with Crippen molar-refractivity contribution in [3.05, 3.63) is 100 Å². The van der Waals surface area contributed by atoms with Crippen LogP contribution in [0.5, 0.6) is 11.5 Å². The number of alkyl halides is 6. The second-order valence-corrected chi connectivity index (χ2v) is 15.5. The average Bonchev–Trinajstić information content (AvgIpc) is 3.46. The fraction of sp³-hybridized carbons (Fsp3) is 0.295. The van der Waals surface area contributed by atoms with Gasteiger partial charge in [0.15, 0.2) is 29.6 Å². The summed E-state index contributed by atoms with van der Waals surface area (Å²) in [6, 6.07) is 8.53. The van der Waals surface area contributed by atoms with Crippen LogP contribution in [0, 0.1) is 23.0 Å². The van der Waals surface area contributed by atoms with Crippen LogP contribution in [0.2, 0.25) is 0 Å². The van der Waals surface area contributed by atoms with Gasteiger partial charge in [-0.25, -0.2) is 8.78 Å². The highest BCUT2D eigenvalue weighted by Crippen LogP contribution is 2.44. The van der Waals surface area contributed by atoms with Crippen molar-refractivity contribution in [2.75, 3.05) is 43.7 Å². The maximum Gasteiger partial charge on any atom is 0.420 e. The number of ether oxygens (including phenoxy) is 2. The topological polar surface area (TPSA) is 191 Å². The largest absolute Gasteiger partial charge is 0.492 e. The lowest BCUT2D eigenvalue weighted by Gasteiger charge is -2.29. The normalized spacial score (nSPS) is 13.9. The van der Waals surface area contributed by atoms with Crippen LogP contribution >= 0.6 is 12.2 Å². The van der Waals surface area contributed by atoms with E-state index in [1.165, 1.54) is 52.2 Å². The Hall–Kier alpha value is -7.55. The number of thiocarbonyl (C=S) groups is 1. The van der Waals surface area contributed by atoms with Crippen molar-refractivity contribution in [3.63, 3.8) is 0 Å². The monoisotopic (exact) mass is 975 g/mol. The first kappa shape index (κ1) is 51.4. The molecule has 3 aromatic carbocycles. The summed E-state index contributed by atoms with van der Waals surface area (Å²) in [6.07, 6.45) is -8.60. The molecule has 1 saturated heterocycles. The molecular formula is C44H37F8N7O8S. The van der Waals surface area contributed by atoms with E-state index < -0.39 is 105 Å². The highest BCUT2D eigenvalue weighted by molar-refractivity contribution is 7.81. The predicted molar refractivity (Wildman–Crippen MR) is 228 cm³/mol. The average molecular weight is 976 g/mol. The number of carbonyl (C=O) groups is 6. The molecule has 1 aliphatic rings. The second kappa shape index (κ2) is 20.5. The van der Waals surface area contributed by atoms with Crippen LogP contribution in [0.25, 0.3) is 11.3 Å². The van der Waals surface area contributed by atoms with E-state index in [1.807, 2.05) is 0 Å². The molecule has 0 spiro atoms. The SMILES string of the molecule is CNC(=O)C(CCC=O)N(C)C(=O)c1ccc(OCC(=O)NCCOc2ccc(-c3ncc(N4C(=S)N(c5ccc(C#N)c(C(F)(F)F)c5F)C(=O)C4(C)C)cc3F)c(C(F)(F)F)c2)cc1C=O. The van der Waals surface area contributed by atoms with Crippen molar-refractivity contribution >= 4 is 64.9 Å². The lowest BCUT2D eigenvalue weighted by Crippen LogP contribution is -2.47. The molecular weight excluding hydrogens is 939 g/mol. The van der Waals surface area contributed by atoms with Crippen molar-refractivity contribution in [1.82, 2.24) is 20.5 Å². The minimum atomic E-state index is -5.35. The van der Waals surface area contributed by atoms with Crippen molar-refractivity contribution in [3.8, 4) is 28.8 Å². The molecule has 15 nitrogen and oxygen atoms in total. The number of hydrogen-bond acceptors (Lipinski definition) is 11. The van der Waals surface area contributed by atoms with Gasteiger partial charge in [0.25, 0.3) is 17.7 Å². The summed E-state index contributed by atoms with van der Waals surface area (Å²) in [5.74, 6) is -6.67. The molecule has 2 N–H and O–H groups in total. The van der Waals surface area contributed by atoms with Crippen molar-refractivity contribution in [1.29, 1.82) is 5.26 Å². The Kier molecular flexibility index (Phi) is 15.5. The van der Waals surface area contributed by atoms with E-state index in [0.717, 1.165) is 34.2 Å². The van der Waals surface area contributed by atoms with Gasteiger partial charge in [0.2, 0.25) is 5.91 Å². The highest BCUT2D eigenvalue weighted by Gasteiger charge is 2.52. The zero-order valence-corrected chi connectivity index (χ0v) is 36.8. The van der Waals surface area contributed by atoms with E-state index in [0.29, 0.717) is 35.7 Å². The Morgan fingerprint density at radius 3 is 2.26 bits per heavy atom. The molecule has 5 rings (SSSR count). The molecule has 1 fully saturated rings. The molecule has 68 heavy (non-hydrogen) atoms. The Morgan fingerprint density at radius 1 is 0.985 bits per heavy atom. The predicted octanol–water partition coefficient (Wildman–Crippen LogP) is 6.40. The third kappa shape index (κ3) is 10.7. The van der Waals surface area contributed by atoms with Gasteiger partial charge in [-0.3, -0.25) is 33.9 Å². The molecule has 2 heterocycles. The lowest BCUT2D eigenvalue weighted by molar-refractivity contribution is -0.140. The van der Waals surface area contributed by atoms with Gasteiger partial charge in [-0.15, -0.1) is 0 Å². The first-order valence-corrected chi connectivity index (χ1v) is 20.2. The van der Waals surface area contributed by atoms with Crippen LogP contribution in [0.1, 0.15) is 64.1 Å². The van der Waals surface area contributed by atoms with Gasteiger partial charge in [0.05, 0.1) is 46.9 Å². The Bertz CT molecular complexity index is 2730. The van der Waals surface area contributed by atoms with E-state index >= 15 is 8.78 Å². The van der Waals surface area contributed by atoms with E-state index in [-0.39, 0.29) is 54.3 Å². The minimum absolute atomic E-state index is 0.00545. The number of amides is 4. The van der Waals surface area contributed by atoms with Gasteiger partial charge < -0.3 is 34.7 Å². The van der Waals surface area contributed by atoms with Crippen LogP contribution < -0.4 is 29.9 Å². The van der Waals surface area contributed by atoms with Gasteiger partial charge in [0.1, 0.15) is 47.2 Å². The van der Waals surface area contributed by atoms with Gasteiger partial charge in [-0.2, -0.15) is 31.6 Å². The molecule has 4 aromatic rings. The molecule has 0 saturated carbocycles. The third-order valence-electron chi connectivity index (χ3n) is 10.4. The van der Waals surface area contributed by atoms with E-state index in [9.17, 15) is 55.1 Å². The summed E-state index contributed by atoms with van der Waals surface area (Å²) in [7, 11) is 2.69. The third-order valence-corrected chi connectivity index (χ3v) is 10.8. The molecule has 0 radical (unpaired) electrons. The number of anilines is 2. The molecule has 4 amide bonds. The maximum absolute atomic E-state index is 15.8. The molecule has 1 aliphatic heterocycles. The number of aldehydes is 2. The summed E-state index contributed by atoms with van der Waals surface area (Å²) in [5, 5.41) is 13.3. The number of nitriles is 1. The number of aromatic nitrogens is 1. The second-order valence-electron chi connectivity index (χ2n) is 15.1. The smallest absolute Gasteiger partial charge is 0.420 e. The van der Waals surface area contributed by atoms with E-state index in [2.05, 4.69) is 15.6 Å². The molecule has 0 bridgehead atoms. The first-order valence-electron chi connectivity index (χ1n) is 19.8. The molecule has 24 heteroatoms. The Balaban J connectivity index is 1.24. The fourth-order valence-electron chi connectivity index (χ4n) is 7.06. The standard InChI is InChI=1S/C44H37F8N7O8S/c1-42(2)40(65)58(32-12-7-23(19-53)35(36(32)46)44(50,51)52)41(68)59(42)25-17-31(45)37(56-20-25)29-11-9-27(18-30(29)43(47,48)49)66-15-13-55-34(62)22-67-26-8-10-28(24(16-26)21-61)39(64)57(4)33(6-5-14-60)38(63)54-3/h7-12,14,16-18,20-21,33H,5-6,13,15,22H2,1-4H3,(H,54,63)(H,55,62). The number of halogens is 8. The summed E-state index contributed by atoms with van der Waals surface area (Å²) in [6.45, 7) is 1.25. The van der Waals surface area contributed by atoms with Crippen LogP contribution in [0.4, 0.5) is 46.5 Å². The maximum atomic E-state index is 15.8. The molecule has 1 atom stereocenters. The lowest BCUT2D eigenvalue weighted by atomic mass is 10.0. The zero-order valence-electron chi connectivity index (χ0n) is 36.0. The Labute approximate surface area is 386 Å². The fourth-order valence-corrected chi connectivity index (χ4v) is 7.57. The van der Waals surface area contributed by atoms with Gasteiger partial charge in [0, 0.05) is 37.7 Å². The first-order chi connectivity index (χ1) is 31.9. The summed E-state index contributed by atoms with van der Waals surface area (Å²) in [4.78, 5) is 80.6. The van der Waals surface area contributed by atoms with E-state index in [1.54, 1.807) is 0 Å². The summed E-state index contributed by atoms with van der Waals surface area (Å²) < 4.78 is 127. The molecule has 1 aromatic heterocycles. The van der Waals surface area contributed by atoms with Gasteiger partial charge in [-0.1, -0.05) is 0 Å². The number of carbonyl (C=O) groups excluding carboxylic acids is 6. The zero-order chi connectivity index (χ0) is 50.5. The number of benzene rings is 3. The van der Waals surface area contributed by atoms with Gasteiger partial charge >= 0.3 is 12.4 Å². The summed E-state index contributed by atoms with van der Waals surface area (Å²) >= 11 is 5.34. The van der Waals surface area contributed by atoms with Crippen LogP contribution in [0.15, 0.2) is 60.8 Å². The van der Waals surface area contributed by atoms with Crippen molar-refractivity contribution in [2.24, 2.45) is 0 Å². The quantitative estimate of drug-likeness (QED) is 0.0513. The minimum Gasteiger partial charge on any atom is -0.492 e. The molecule has 358 valence electrons. The Morgan fingerprint density at radius 2 is 1.66 bits per heavy atom.